The van der Waals surface area contributed by atoms with Crippen LogP contribution in [0.4, 0.5) is 0 Å². The minimum absolute atomic E-state index is 0.321. The zero-order chi connectivity index (χ0) is 12.6. The van der Waals surface area contributed by atoms with Crippen molar-refractivity contribution in [1.29, 1.82) is 0 Å². The molecule has 0 amide bonds. The standard InChI is InChI=1S/C14H23OSi/c1-11-8-9-12(15-5)13(10-11)16(6,7)14(2,3)4/h8,10H,1-7H3. The summed E-state index contributed by atoms with van der Waals surface area (Å²) < 4.78 is 5.46. The molecule has 2 heteroatoms. The van der Waals surface area contributed by atoms with Crippen LogP contribution in [-0.4, -0.2) is 15.2 Å². The topological polar surface area (TPSA) is 9.23 Å². The van der Waals surface area contributed by atoms with Crippen molar-refractivity contribution in [2.75, 3.05) is 7.11 Å². The second-order valence-corrected chi connectivity index (χ2v) is 11.3. The molecular formula is C14H23OSi. The molecule has 0 heterocycles. The Bertz CT molecular complexity index is 375. The number of ether oxygens (including phenoxy) is 1. The van der Waals surface area contributed by atoms with Gasteiger partial charge in [0.05, 0.1) is 15.2 Å². The summed E-state index contributed by atoms with van der Waals surface area (Å²) in [7, 11) is 0.200. The van der Waals surface area contributed by atoms with Crippen LogP contribution in [0.2, 0.25) is 18.1 Å². The fraction of sp³-hybridized carbons (Fsp3) is 0.571. The zero-order valence-electron chi connectivity index (χ0n) is 11.6. The normalized spacial score (nSPS) is 12.7. The molecule has 1 nitrogen and oxygen atoms in total. The van der Waals surface area contributed by atoms with Crippen molar-refractivity contribution in [2.24, 2.45) is 0 Å². The van der Waals surface area contributed by atoms with Gasteiger partial charge in [-0.2, -0.15) is 0 Å². The number of hydrogen-bond acceptors (Lipinski definition) is 1. The van der Waals surface area contributed by atoms with E-state index in [9.17, 15) is 0 Å². The summed E-state index contributed by atoms with van der Waals surface area (Å²) in [5, 5.41) is 1.70. The summed E-state index contributed by atoms with van der Waals surface area (Å²) >= 11 is 0. The highest BCUT2D eigenvalue weighted by molar-refractivity contribution is 6.92. The lowest BCUT2D eigenvalue weighted by Crippen LogP contribution is -2.50. The average Bonchev–Trinajstić information content (AvgIpc) is 2.16. The molecule has 1 aromatic rings. The van der Waals surface area contributed by atoms with Gasteiger partial charge in [-0.1, -0.05) is 45.5 Å². The van der Waals surface area contributed by atoms with Crippen LogP contribution < -0.4 is 9.92 Å². The van der Waals surface area contributed by atoms with Crippen LogP contribution in [0.3, 0.4) is 0 Å². The molecule has 89 valence electrons. The lowest BCUT2D eigenvalue weighted by molar-refractivity contribution is 0.416. The number of aryl methyl sites for hydroxylation is 1. The number of methoxy groups -OCH3 is 1. The van der Waals surface area contributed by atoms with Crippen LogP contribution >= 0.6 is 0 Å². The predicted octanol–water partition coefficient (Wildman–Crippen LogP) is 3.52. The lowest BCUT2D eigenvalue weighted by atomic mass is 10.2. The Morgan fingerprint density at radius 1 is 1.25 bits per heavy atom. The summed E-state index contributed by atoms with van der Waals surface area (Å²) in [5.74, 6) is 0.928. The fourth-order valence-corrected chi connectivity index (χ4v) is 3.77. The smallest absolute Gasteiger partial charge is 0.126 e. The van der Waals surface area contributed by atoms with Crippen LogP contribution in [0.5, 0.6) is 5.75 Å². The van der Waals surface area contributed by atoms with Gasteiger partial charge in [0.2, 0.25) is 0 Å². The highest BCUT2D eigenvalue weighted by atomic mass is 28.3. The lowest BCUT2D eigenvalue weighted by Gasteiger charge is -2.38. The summed E-state index contributed by atoms with van der Waals surface area (Å²) in [6.45, 7) is 13.9. The van der Waals surface area contributed by atoms with Crippen LogP contribution in [0.25, 0.3) is 0 Å². The third-order valence-corrected chi connectivity index (χ3v) is 9.27. The van der Waals surface area contributed by atoms with Gasteiger partial charge < -0.3 is 4.74 Å². The highest BCUT2D eigenvalue weighted by Gasteiger charge is 2.38. The molecule has 0 spiro atoms. The Kier molecular flexibility index (Phi) is 3.53. The molecule has 0 fully saturated rings. The van der Waals surface area contributed by atoms with Crippen molar-refractivity contribution < 1.29 is 4.74 Å². The molecule has 0 aliphatic rings. The quantitative estimate of drug-likeness (QED) is 0.713. The molecule has 1 aromatic carbocycles. The van der Waals surface area contributed by atoms with E-state index in [2.05, 4.69) is 52.9 Å². The van der Waals surface area contributed by atoms with Crippen molar-refractivity contribution in [3.05, 3.63) is 23.8 Å². The van der Waals surface area contributed by atoms with E-state index in [1.54, 1.807) is 7.11 Å². The SMILES string of the molecule is COc1[c]cc(C)cc1[Si](C)(C)C(C)(C)C. The van der Waals surface area contributed by atoms with Gasteiger partial charge in [-0.05, 0) is 23.2 Å². The van der Waals surface area contributed by atoms with Gasteiger partial charge in [-0.3, -0.25) is 0 Å². The van der Waals surface area contributed by atoms with Crippen LogP contribution in [0, 0.1) is 13.0 Å². The molecule has 0 N–H and O–H groups in total. The summed E-state index contributed by atoms with van der Waals surface area (Å²) in [4.78, 5) is 0. The van der Waals surface area contributed by atoms with Crippen molar-refractivity contribution in [1.82, 2.24) is 0 Å². The van der Waals surface area contributed by atoms with E-state index in [1.807, 2.05) is 6.07 Å². The molecule has 0 aromatic heterocycles. The molecule has 0 aliphatic heterocycles. The van der Waals surface area contributed by atoms with Gasteiger partial charge in [-0.15, -0.1) is 0 Å². The second-order valence-electron chi connectivity index (χ2n) is 6.00. The maximum absolute atomic E-state index is 5.46. The average molecular weight is 235 g/mol. The third kappa shape index (κ3) is 2.32. The Labute approximate surface area is 101 Å². The Balaban J connectivity index is 3.36. The van der Waals surface area contributed by atoms with E-state index < -0.39 is 8.07 Å². The monoisotopic (exact) mass is 235 g/mol. The summed E-state index contributed by atoms with van der Waals surface area (Å²) in [6, 6.07) is 7.51. The van der Waals surface area contributed by atoms with E-state index in [4.69, 9.17) is 4.74 Å². The van der Waals surface area contributed by atoms with Crippen LogP contribution in [0.15, 0.2) is 12.1 Å². The Morgan fingerprint density at radius 3 is 2.25 bits per heavy atom. The molecule has 1 radical (unpaired) electrons. The second kappa shape index (κ2) is 4.25. The van der Waals surface area contributed by atoms with Gasteiger partial charge in [0, 0.05) is 6.07 Å². The number of hydrogen-bond donors (Lipinski definition) is 0. The Morgan fingerprint density at radius 2 is 1.81 bits per heavy atom. The van der Waals surface area contributed by atoms with Crippen molar-refractivity contribution in [2.45, 2.75) is 45.8 Å². The first-order chi connectivity index (χ1) is 7.20. The van der Waals surface area contributed by atoms with E-state index in [-0.39, 0.29) is 0 Å². The fourth-order valence-electron chi connectivity index (χ4n) is 1.63. The molecular weight excluding hydrogens is 212 g/mol. The first-order valence-corrected chi connectivity index (χ1v) is 8.77. The number of rotatable bonds is 2. The minimum Gasteiger partial charge on any atom is -0.496 e. The molecule has 16 heavy (non-hydrogen) atoms. The molecule has 1 rings (SSSR count). The summed E-state index contributed by atoms with van der Waals surface area (Å²) in [5.41, 5.74) is 1.26. The maximum atomic E-state index is 5.46. The maximum Gasteiger partial charge on any atom is 0.126 e. The third-order valence-electron chi connectivity index (χ3n) is 3.80. The summed E-state index contributed by atoms with van der Waals surface area (Å²) in [6.07, 6.45) is 0. The van der Waals surface area contributed by atoms with Gasteiger partial charge in [0.15, 0.2) is 0 Å². The largest absolute Gasteiger partial charge is 0.496 e. The van der Waals surface area contributed by atoms with Crippen LogP contribution in [-0.2, 0) is 0 Å². The molecule has 0 bridgehead atoms. The molecule has 0 saturated heterocycles. The number of benzene rings is 1. The van der Waals surface area contributed by atoms with E-state index in [0.717, 1.165) is 5.75 Å². The minimum atomic E-state index is -1.53. The van der Waals surface area contributed by atoms with Gasteiger partial charge in [-0.25, -0.2) is 0 Å². The van der Waals surface area contributed by atoms with Gasteiger partial charge in [0.25, 0.3) is 0 Å². The first-order valence-electron chi connectivity index (χ1n) is 5.77. The highest BCUT2D eigenvalue weighted by Crippen LogP contribution is 2.37. The first kappa shape index (κ1) is 13.3. The van der Waals surface area contributed by atoms with Crippen molar-refractivity contribution >= 4 is 13.3 Å². The van der Waals surface area contributed by atoms with Gasteiger partial charge in [0.1, 0.15) is 5.75 Å². The predicted molar refractivity (Wildman–Crippen MR) is 73.4 cm³/mol. The molecule has 0 unspecified atom stereocenters. The van der Waals surface area contributed by atoms with Gasteiger partial charge >= 0.3 is 0 Å². The molecule has 0 atom stereocenters. The van der Waals surface area contributed by atoms with Crippen molar-refractivity contribution in [3.63, 3.8) is 0 Å². The van der Waals surface area contributed by atoms with E-state index in [0.29, 0.717) is 5.04 Å². The van der Waals surface area contributed by atoms with Crippen molar-refractivity contribution in [3.8, 4) is 5.75 Å². The zero-order valence-corrected chi connectivity index (χ0v) is 12.6. The van der Waals surface area contributed by atoms with E-state index in [1.165, 1.54) is 10.8 Å². The molecule has 0 aliphatic carbocycles. The van der Waals surface area contributed by atoms with Crippen LogP contribution in [0.1, 0.15) is 26.3 Å². The van der Waals surface area contributed by atoms with E-state index >= 15 is 0 Å². The molecule has 0 saturated carbocycles. The Hall–Kier alpha value is -0.763.